The number of nitrogens with zero attached hydrogens (tertiary/aromatic N) is 2. The lowest BCUT2D eigenvalue weighted by atomic mass is 10.1. The number of rotatable bonds is 4. The zero-order chi connectivity index (χ0) is 21.4. The molecule has 0 saturated carbocycles. The van der Waals surface area contributed by atoms with Gasteiger partial charge in [0.1, 0.15) is 22.8 Å². The molecule has 0 fully saturated rings. The Hall–Kier alpha value is -3.83. The van der Waals surface area contributed by atoms with E-state index < -0.39 is 0 Å². The van der Waals surface area contributed by atoms with Crippen LogP contribution in [0.5, 0.6) is 5.75 Å². The van der Waals surface area contributed by atoms with Crippen LogP contribution in [0, 0.1) is 6.92 Å². The number of benzene rings is 3. The molecule has 1 N–H and O–H groups in total. The maximum atomic E-state index is 10.3. The predicted octanol–water partition coefficient (Wildman–Crippen LogP) is 7.17. The lowest BCUT2D eigenvalue weighted by Gasteiger charge is -2.01. The van der Waals surface area contributed by atoms with E-state index >= 15 is 0 Å². The van der Waals surface area contributed by atoms with E-state index in [-0.39, 0.29) is 5.75 Å². The molecule has 0 aliphatic carbocycles. The zero-order valence-corrected chi connectivity index (χ0v) is 17.3. The summed E-state index contributed by atoms with van der Waals surface area (Å²) in [6.45, 7) is 1.97. The molecular weight excluding hydrogens is 412 g/mol. The van der Waals surface area contributed by atoms with Crippen molar-refractivity contribution in [1.29, 1.82) is 0 Å². The molecule has 0 radical (unpaired) electrons. The van der Waals surface area contributed by atoms with Gasteiger partial charge in [0, 0.05) is 10.6 Å². The topological polar surface area (TPSA) is 71.8 Å². The molecule has 5 nitrogen and oxygen atoms in total. The molecule has 5 aromatic rings. The van der Waals surface area contributed by atoms with Crippen LogP contribution in [-0.2, 0) is 0 Å². The van der Waals surface area contributed by atoms with Crippen molar-refractivity contribution in [3.63, 3.8) is 0 Å². The number of phenolic OH excluding ortho intramolecular Hbond substituents is 1. The highest BCUT2D eigenvalue weighted by atomic mass is 35.5. The first kappa shape index (κ1) is 19.2. The molecule has 0 aliphatic heterocycles. The molecule has 6 heteroatoms. The summed E-state index contributed by atoms with van der Waals surface area (Å²) in [7, 11) is 0. The first-order valence-corrected chi connectivity index (χ1v) is 10.0. The van der Waals surface area contributed by atoms with Gasteiger partial charge in [0.05, 0.1) is 17.5 Å². The lowest BCUT2D eigenvalue weighted by molar-refractivity contribution is 0.474. The summed E-state index contributed by atoms with van der Waals surface area (Å²) in [5, 5.41) is 11.0. The van der Waals surface area contributed by atoms with Crippen LogP contribution in [0.2, 0.25) is 5.02 Å². The Morgan fingerprint density at radius 1 is 0.968 bits per heavy atom. The molecule has 2 heterocycles. The Labute approximate surface area is 183 Å². The first-order chi connectivity index (χ1) is 15.1. The SMILES string of the molecule is Cc1cccc2oc(-c3cc(N=Cc4ccc(-c5cccc(Cl)c5)o4)ccc3O)nc12. The van der Waals surface area contributed by atoms with Crippen molar-refractivity contribution >= 4 is 34.6 Å². The number of furan rings is 1. The molecule has 3 aromatic carbocycles. The molecule has 31 heavy (non-hydrogen) atoms. The van der Waals surface area contributed by atoms with E-state index in [9.17, 15) is 5.11 Å². The summed E-state index contributed by atoms with van der Waals surface area (Å²) in [4.78, 5) is 9.01. The Kier molecular flexibility index (Phi) is 4.81. The second-order valence-electron chi connectivity index (χ2n) is 7.11. The number of para-hydroxylation sites is 1. The van der Waals surface area contributed by atoms with Gasteiger partial charge in [0.25, 0.3) is 0 Å². The molecule has 0 spiro atoms. The average Bonchev–Trinajstić information content (AvgIpc) is 3.41. The Morgan fingerprint density at radius 3 is 2.68 bits per heavy atom. The van der Waals surface area contributed by atoms with Crippen LogP contribution >= 0.6 is 11.6 Å². The van der Waals surface area contributed by atoms with Gasteiger partial charge in [-0.15, -0.1) is 0 Å². The quantitative estimate of drug-likeness (QED) is 0.308. The van der Waals surface area contributed by atoms with E-state index in [0.29, 0.717) is 39.3 Å². The van der Waals surface area contributed by atoms with Crippen molar-refractivity contribution < 1.29 is 13.9 Å². The van der Waals surface area contributed by atoms with Gasteiger partial charge in [-0.25, -0.2) is 4.98 Å². The number of hydrogen-bond acceptors (Lipinski definition) is 5. The maximum Gasteiger partial charge on any atom is 0.231 e. The number of halogens is 1. The summed E-state index contributed by atoms with van der Waals surface area (Å²) in [5.41, 5.74) is 4.46. The fourth-order valence-electron chi connectivity index (χ4n) is 3.33. The Balaban J connectivity index is 1.44. The fourth-order valence-corrected chi connectivity index (χ4v) is 3.52. The number of aromatic hydroxyl groups is 1. The van der Waals surface area contributed by atoms with Crippen LogP contribution in [0.1, 0.15) is 11.3 Å². The second kappa shape index (κ2) is 7.78. The van der Waals surface area contributed by atoms with Crippen molar-refractivity contribution in [2.75, 3.05) is 0 Å². The average molecular weight is 429 g/mol. The Morgan fingerprint density at radius 2 is 1.84 bits per heavy atom. The van der Waals surface area contributed by atoms with Crippen LogP contribution in [0.4, 0.5) is 5.69 Å². The van der Waals surface area contributed by atoms with Gasteiger partial charge >= 0.3 is 0 Å². The van der Waals surface area contributed by atoms with Crippen LogP contribution in [-0.4, -0.2) is 16.3 Å². The van der Waals surface area contributed by atoms with Gasteiger partial charge < -0.3 is 13.9 Å². The third kappa shape index (κ3) is 3.83. The zero-order valence-electron chi connectivity index (χ0n) is 16.5. The Bertz CT molecular complexity index is 1430. The molecule has 0 saturated heterocycles. The standard InChI is InChI=1S/C25H17ClN2O3/c1-15-4-2-7-23-24(15)28-25(31-23)20-13-18(8-10-21(20)29)27-14-19-9-11-22(30-19)16-5-3-6-17(26)12-16/h2-14,29H,1H3. The number of oxazole rings is 1. The molecule has 0 unspecified atom stereocenters. The van der Waals surface area contributed by atoms with Crippen molar-refractivity contribution in [3.8, 4) is 28.5 Å². The number of phenols is 1. The summed E-state index contributed by atoms with van der Waals surface area (Å²) in [5.74, 6) is 1.73. The number of aliphatic imine (C=N–C) groups is 1. The van der Waals surface area contributed by atoms with Crippen LogP contribution in [0.3, 0.4) is 0 Å². The van der Waals surface area contributed by atoms with E-state index in [1.54, 1.807) is 24.4 Å². The summed E-state index contributed by atoms with van der Waals surface area (Å²) in [6, 6.07) is 21.9. The molecule has 0 atom stereocenters. The van der Waals surface area contributed by atoms with E-state index in [0.717, 1.165) is 16.6 Å². The normalized spacial score (nSPS) is 11.5. The molecular formula is C25H17ClN2O3. The van der Waals surface area contributed by atoms with Crippen molar-refractivity contribution in [2.45, 2.75) is 6.92 Å². The predicted molar refractivity (Wildman–Crippen MR) is 122 cm³/mol. The largest absolute Gasteiger partial charge is 0.507 e. The van der Waals surface area contributed by atoms with Crippen molar-refractivity contribution in [2.24, 2.45) is 4.99 Å². The second-order valence-corrected chi connectivity index (χ2v) is 7.55. The number of hydrogen-bond donors (Lipinski definition) is 1. The van der Waals surface area contributed by atoms with Crippen LogP contribution in [0.25, 0.3) is 33.9 Å². The minimum Gasteiger partial charge on any atom is -0.507 e. The molecule has 5 rings (SSSR count). The van der Waals surface area contributed by atoms with E-state index in [1.165, 1.54) is 0 Å². The fraction of sp³-hybridized carbons (Fsp3) is 0.0400. The third-order valence-electron chi connectivity index (χ3n) is 4.91. The van der Waals surface area contributed by atoms with E-state index in [1.807, 2.05) is 61.5 Å². The summed E-state index contributed by atoms with van der Waals surface area (Å²) in [6.07, 6.45) is 1.63. The van der Waals surface area contributed by atoms with Gasteiger partial charge in [0.2, 0.25) is 5.89 Å². The van der Waals surface area contributed by atoms with Gasteiger partial charge in [-0.2, -0.15) is 0 Å². The van der Waals surface area contributed by atoms with E-state index in [4.69, 9.17) is 20.4 Å². The molecule has 152 valence electrons. The van der Waals surface area contributed by atoms with E-state index in [2.05, 4.69) is 9.98 Å². The highest BCUT2D eigenvalue weighted by Crippen LogP contribution is 2.34. The van der Waals surface area contributed by atoms with Crippen LogP contribution in [0.15, 0.2) is 86.6 Å². The smallest absolute Gasteiger partial charge is 0.231 e. The number of aryl methyl sites for hydroxylation is 1. The molecule has 0 aliphatic rings. The van der Waals surface area contributed by atoms with Crippen LogP contribution < -0.4 is 0 Å². The minimum atomic E-state index is 0.0735. The summed E-state index contributed by atoms with van der Waals surface area (Å²) >= 11 is 6.05. The van der Waals surface area contributed by atoms with Gasteiger partial charge in [-0.3, -0.25) is 4.99 Å². The van der Waals surface area contributed by atoms with Gasteiger partial charge in [0.15, 0.2) is 5.58 Å². The monoisotopic (exact) mass is 428 g/mol. The summed E-state index contributed by atoms with van der Waals surface area (Å²) < 4.78 is 11.7. The highest BCUT2D eigenvalue weighted by Gasteiger charge is 2.14. The van der Waals surface area contributed by atoms with Gasteiger partial charge in [-0.05, 0) is 61.0 Å². The molecule has 2 aromatic heterocycles. The minimum absolute atomic E-state index is 0.0735. The first-order valence-electron chi connectivity index (χ1n) is 9.66. The third-order valence-corrected chi connectivity index (χ3v) is 5.14. The molecule has 0 bridgehead atoms. The highest BCUT2D eigenvalue weighted by molar-refractivity contribution is 6.30. The molecule has 0 amide bonds. The van der Waals surface area contributed by atoms with Crippen molar-refractivity contribution in [1.82, 2.24) is 4.98 Å². The van der Waals surface area contributed by atoms with Crippen molar-refractivity contribution in [3.05, 3.63) is 89.1 Å². The van der Waals surface area contributed by atoms with Gasteiger partial charge in [-0.1, -0.05) is 35.9 Å². The number of fused-ring (bicyclic) bond motifs is 1. The lowest BCUT2D eigenvalue weighted by Crippen LogP contribution is -1.81. The number of aromatic nitrogens is 1. The maximum absolute atomic E-state index is 10.3.